The predicted octanol–water partition coefficient (Wildman–Crippen LogP) is 3.63. The highest BCUT2D eigenvalue weighted by Gasteiger charge is 2.32. The molecule has 0 spiro atoms. The van der Waals surface area contributed by atoms with Crippen molar-refractivity contribution in [1.29, 1.82) is 0 Å². The lowest BCUT2D eigenvalue weighted by atomic mass is 9.87. The molecule has 0 aromatic heterocycles. The number of carbonyl (C=O) groups excluding carboxylic acids is 1. The van der Waals surface area contributed by atoms with Crippen LogP contribution in [0.2, 0.25) is 0 Å². The minimum atomic E-state index is -4.61. The van der Waals surface area contributed by atoms with Crippen LogP contribution in [0.5, 0.6) is 0 Å². The molecule has 1 aromatic rings. The second kappa shape index (κ2) is 6.40. The molecule has 3 nitrogen and oxygen atoms in total. The van der Waals surface area contributed by atoms with Gasteiger partial charge in [0, 0.05) is 5.92 Å². The topological polar surface area (TPSA) is 51.2 Å². The molecule has 1 aliphatic carbocycles. The Labute approximate surface area is 127 Å². The fourth-order valence-corrected chi connectivity index (χ4v) is 4.05. The molecule has 1 aromatic carbocycles. The highest BCUT2D eigenvalue weighted by Crippen LogP contribution is 2.31. The molecule has 1 saturated carbocycles. The smallest absolute Gasteiger partial charge is 0.298 e. The standard InChI is InChI=1S/C15H17F3O3S/c16-15(17,18)12-7-4-8-13(9-12)22(20,21)10-14(19)11-5-2-1-3-6-11/h4,7-9,11H,1-3,5-6,10H2. The molecule has 0 radical (unpaired) electrons. The number of hydrogen-bond donors (Lipinski definition) is 0. The molecule has 0 heterocycles. The Morgan fingerprint density at radius 3 is 2.36 bits per heavy atom. The first-order valence-electron chi connectivity index (χ1n) is 7.13. The van der Waals surface area contributed by atoms with Crippen LogP contribution in [-0.2, 0) is 20.8 Å². The number of halogens is 3. The summed E-state index contributed by atoms with van der Waals surface area (Å²) in [7, 11) is -4.04. The minimum absolute atomic E-state index is 0.283. The lowest BCUT2D eigenvalue weighted by Crippen LogP contribution is -2.25. The molecular weight excluding hydrogens is 317 g/mol. The molecule has 0 aliphatic heterocycles. The average Bonchev–Trinajstić information content (AvgIpc) is 2.47. The third kappa shape index (κ3) is 4.09. The van der Waals surface area contributed by atoms with Gasteiger partial charge in [0.25, 0.3) is 0 Å². The minimum Gasteiger partial charge on any atom is -0.298 e. The first-order valence-corrected chi connectivity index (χ1v) is 8.78. The van der Waals surface area contributed by atoms with Gasteiger partial charge < -0.3 is 0 Å². The predicted molar refractivity (Wildman–Crippen MR) is 75.1 cm³/mol. The van der Waals surface area contributed by atoms with Crippen LogP contribution in [0.15, 0.2) is 29.2 Å². The monoisotopic (exact) mass is 334 g/mol. The average molecular weight is 334 g/mol. The van der Waals surface area contributed by atoms with E-state index in [2.05, 4.69) is 0 Å². The van der Waals surface area contributed by atoms with Crippen molar-refractivity contribution in [2.24, 2.45) is 5.92 Å². The Morgan fingerprint density at radius 1 is 1.14 bits per heavy atom. The fourth-order valence-electron chi connectivity index (χ4n) is 2.68. The summed E-state index contributed by atoms with van der Waals surface area (Å²) >= 11 is 0. The van der Waals surface area contributed by atoms with E-state index in [0.717, 1.165) is 37.5 Å². The summed E-state index contributed by atoms with van der Waals surface area (Å²) in [6.07, 6.45) is -0.475. The van der Waals surface area contributed by atoms with E-state index in [1.807, 2.05) is 0 Å². The van der Waals surface area contributed by atoms with Gasteiger partial charge in [0.1, 0.15) is 5.75 Å². The normalized spacial score (nSPS) is 17.4. The third-order valence-electron chi connectivity index (χ3n) is 3.91. The highest BCUT2D eigenvalue weighted by atomic mass is 32.2. The maximum atomic E-state index is 12.6. The SMILES string of the molecule is O=C(CS(=O)(=O)c1cccc(C(F)(F)F)c1)C1CCCCC1. The lowest BCUT2D eigenvalue weighted by molar-refractivity contribution is -0.137. The van der Waals surface area contributed by atoms with Gasteiger partial charge in [-0.2, -0.15) is 13.2 Å². The second-order valence-electron chi connectivity index (χ2n) is 5.59. The van der Waals surface area contributed by atoms with Gasteiger partial charge in [-0.25, -0.2) is 8.42 Å². The second-order valence-corrected chi connectivity index (χ2v) is 7.58. The first kappa shape index (κ1) is 17.0. The lowest BCUT2D eigenvalue weighted by Gasteiger charge is -2.20. The van der Waals surface area contributed by atoms with E-state index in [-0.39, 0.29) is 5.92 Å². The summed E-state index contributed by atoms with van der Waals surface area (Å²) in [6.45, 7) is 0. The zero-order valence-electron chi connectivity index (χ0n) is 11.9. The van der Waals surface area contributed by atoms with Gasteiger partial charge in [0.2, 0.25) is 0 Å². The Hall–Kier alpha value is -1.37. The van der Waals surface area contributed by atoms with Gasteiger partial charge in [-0.1, -0.05) is 25.3 Å². The van der Waals surface area contributed by atoms with Gasteiger partial charge in [-0.05, 0) is 31.0 Å². The van der Waals surface area contributed by atoms with E-state index in [1.54, 1.807) is 0 Å². The van der Waals surface area contributed by atoms with E-state index in [0.29, 0.717) is 18.9 Å². The van der Waals surface area contributed by atoms with Gasteiger partial charge in [-0.3, -0.25) is 4.79 Å². The van der Waals surface area contributed by atoms with Crippen LogP contribution in [0.1, 0.15) is 37.7 Å². The van der Waals surface area contributed by atoms with E-state index < -0.39 is 38.0 Å². The number of sulfone groups is 1. The maximum absolute atomic E-state index is 12.6. The number of hydrogen-bond acceptors (Lipinski definition) is 3. The Bertz CT molecular complexity index is 644. The molecule has 1 fully saturated rings. The van der Waals surface area contributed by atoms with Crippen LogP contribution in [0.3, 0.4) is 0 Å². The summed E-state index contributed by atoms with van der Waals surface area (Å²) < 4.78 is 62.3. The van der Waals surface area contributed by atoms with Crippen molar-refractivity contribution in [2.75, 3.05) is 5.75 Å². The van der Waals surface area contributed by atoms with Crippen LogP contribution >= 0.6 is 0 Å². The van der Waals surface area contributed by atoms with Crippen molar-refractivity contribution in [1.82, 2.24) is 0 Å². The molecule has 0 N–H and O–H groups in total. The van der Waals surface area contributed by atoms with E-state index in [9.17, 15) is 26.4 Å². The molecule has 0 saturated heterocycles. The van der Waals surface area contributed by atoms with E-state index in [1.165, 1.54) is 0 Å². The van der Waals surface area contributed by atoms with Crippen LogP contribution in [0.25, 0.3) is 0 Å². The Balaban J connectivity index is 2.18. The molecule has 0 unspecified atom stereocenters. The maximum Gasteiger partial charge on any atom is 0.416 e. The molecule has 2 rings (SSSR count). The number of Topliss-reactive ketones (excluding diaryl/α,β-unsaturated/α-hetero) is 1. The summed E-state index contributed by atoms with van der Waals surface area (Å²) in [6, 6.07) is 3.53. The summed E-state index contributed by atoms with van der Waals surface area (Å²) in [5.74, 6) is -1.40. The van der Waals surface area contributed by atoms with Crippen molar-refractivity contribution >= 4 is 15.6 Å². The Morgan fingerprint density at radius 2 is 1.77 bits per heavy atom. The molecule has 0 amide bonds. The molecule has 122 valence electrons. The van der Waals surface area contributed by atoms with E-state index in [4.69, 9.17) is 0 Å². The number of rotatable bonds is 4. The zero-order chi connectivity index (χ0) is 16.4. The van der Waals surface area contributed by atoms with Crippen LogP contribution < -0.4 is 0 Å². The van der Waals surface area contributed by atoms with Gasteiger partial charge in [0.15, 0.2) is 15.6 Å². The third-order valence-corrected chi connectivity index (χ3v) is 5.55. The molecule has 7 heteroatoms. The van der Waals surface area contributed by atoms with Gasteiger partial charge >= 0.3 is 6.18 Å². The number of ketones is 1. The molecule has 0 atom stereocenters. The van der Waals surface area contributed by atoms with Crippen molar-refractivity contribution in [2.45, 2.75) is 43.2 Å². The number of alkyl halides is 3. The molecule has 1 aliphatic rings. The van der Waals surface area contributed by atoms with Crippen molar-refractivity contribution in [3.8, 4) is 0 Å². The van der Waals surface area contributed by atoms with Crippen LogP contribution in [0, 0.1) is 5.92 Å². The summed E-state index contributed by atoms with van der Waals surface area (Å²) in [4.78, 5) is 11.6. The van der Waals surface area contributed by atoms with E-state index >= 15 is 0 Å². The Kier molecular flexibility index (Phi) is 4.94. The zero-order valence-corrected chi connectivity index (χ0v) is 12.7. The van der Waals surface area contributed by atoms with Crippen LogP contribution in [-0.4, -0.2) is 20.0 Å². The molecule has 22 heavy (non-hydrogen) atoms. The molecule has 0 bridgehead atoms. The largest absolute Gasteiger partial charge is 0.416 e. The summed E-state index contributed by atoms with van der Waals surface area (Å²) in [5, 5.41) is 0. The van der Waals surface area contributed by atoms with Crippen LogP contribution in [0.4, 0.5) is 13.2 Å². The molecular formula is C15H17F3O3S. The number of carbonyl (C=O) groups is 1. The quantitative estimate of drug-likeness (QED) is 0.845. The van der Waals surface area contributed by atoms with Crippen molar-refractivity contribution < 1.29 is 26.4 Å². The fraction of sp³-hybridized carbons (Fsp3) is 0.533. The van der Waals surface area contributed by atoms with Gasteiger partial charge in [-0.15, -0.1) is 0 Å². The van der Waals surface area contributed by atoms with Crippen molar-refractivity contribution in [3.05, 3.63) is 29.8 Å². The number of benzene rings is 1. The van der Waals surface area contributed by atoms with Gasteiger partial charge in [0.05, 0.1) is 10.5 Å². The van der Waals surface area contributed by atoms with Crippen molar-refractivity contribution in [3.63, 3.8) is 0 Å². The highest BCUT2D eigenvalue weighted by molar-refractivity contribution is 7.92. The summed E-state index contributed by atoms with van der Waals surface area (Å²) in [5.41, 5.74) is -1.03. The first-order chi connectivity index (χ1) is 10.2.